The quantitative estimate of drug-likeness (QED) is 0.742. The fourth-order valence-electron chi connectivity index (χ4n) is 1.45. The predicted octanol–water partition coefficient (Wildman–Crippen LogP) is 1.73. The van der Waals surface area contributed by atoms with Crippen LogP contribution in [0.2, 0.25) is 0 Å². The molecule has 0 aliphatic rings. The molecule has 0 fully saturated rings. The maximum absolute atomic E-state index is 4.55. The lowest BCUT2D eigenvalue weighted by atomic mass is 10.2. The first-order valence-electron chi connectivity index (χ1n) is 5.12. The van der Waals surface area contributed by atoms with Gasteiger partial charge in [0.25, 0.3) is 0 Å². The number of nitrogens with one attached hydrogen (secondary N) is 1. The van der Waals surface area contributed by atoms with Gasteiger partial charge < -0.3 is 10.2 Å². The second-order valence-corrected chi connectivity index (χ2v) is 3.61. The van der Waals surface area contributed by atoms with Crippen molar-refractivity contribution in [1.29, 1.82) is 0 Å². The third-order valence-corrected chi connectivity index (χ3v) is 2.34. The third-order valence-electron chi connectivity index (χ3n) is 2.34. The summed E-state index contributed by atoms with van der Waals surface area (Å²) in [5.74, 6) is 0.993. The van der Waals surface area contributed by atoms with Crippen molar-refractivity contribution in [2.24, 2.45) is 0 Å². The van der Waals surface area contributed by atoms with Crippen molar-refractivity contribution in [1.82, 2.24) is 10.3 Å². The molecule has 0 amide bonds. The fraction of sp³-hybridized carbons (Fsp3) is 0.417. The third kappa shape index (κ3) is 3.06. The van der Waals surface area contributed by atoms with Gasteiger partial charge in [0.05, 0.1) is 0 Å². The first kappa shape index (κ1) is 11.7. The van der Waals surface area contributed by atoms with E-state index in [9.17, 15) is 0 Å². The number of likely N-dealkylation sites (N-methyl/N-ethyl adjacent to an activating group) is 1. The van der Waals surface area contributed by atoms with E-state index in [0.717, 1.165) is 24.6 Å². The Morgan fingerprint density at radius 1 is 1.53 bits per heavy atom. The Hall–Kier alpha value is -1.35. The molecule has 1 heterocycles. The summed E-state index contributed by atoms with van der Waals surface area (Å²) in [5, 5.41) is 3.13. The molecule has 0 saturated carbocycles. The Bertz CT molecular complexity index is 334. The van der Waals surface area contributed by atoms with Crippen molar-refractivity contribution in [3.05, 3.63) is 36.0 Å². The molecule has 0 spiro atoms. The van der Waals surface area contributed by atoms with Gasteiger partial charge >= 0.3 is 0 Å². The predicted molar refractivity (Wildman–Crippen MR) is 65.2 cm³/mol. The highest BCUT2D eigenvalue weighted by molar-refractivity contribution is 5.41. The molecule has 0 bridgehead atoms. The van der Waals surface area contributed by atoms with Gasteiger partial charge in [0.15, 0.2) is 0 Å². The molecule has 0 aliphatic carbocycles. The van der Waals surface area contributed by atoms with Gasteiger partial charge in [0.2, 0.25) is 0 Å². The van der Waals surface area contributed by atoms with Crippen LogP contribution < -0.4 is 10.2 Å². The molecular weight excluding hydrogens is 186 g/mol. The average Bonchev–Trinajstić information content (AvgIpc) is 2.21. The molecule has 1 rings (SSSR count). The second-order valence-electron chi connectivity index (χ2n) is 3.61. The standard InChI is InChI=1S/C12H19N3/c1-5-8-15(4)12-7-6-11(9-13-3)10(2)14-12/h5-7,13H,1,8-9H2,2-4H3. The van der Waals surface area contributed by atoms with E-state index < -0.39 is 0 Å². The molecule has 0 aliphatic heterocycles. The molecule has 0 aromatic carbocycles. The first-order chi connectivity index (χ1) is 7.19. The van der Waals surface area contributed by atoms with Crippen LogP contribution in [-0.2, 0) is 6.54 Å². The summed E-state index contributed by atoms with van der Waals surface area (Å²) in [6.07, 6.45) is 1.87. The monoisotopic (exact) mass is 205 g/mol. The number of nitrogens with zero attached hydrogens (tertiary/aromatic N) is 2. The highest BCUT2D eigenvalue weighted by Gasteiger charge is 2.03. The highest BCUT2D eigenvalue weighted by Crippen LogP contribution is 2.13. The van der Waals surface area contributed by atoms with Crippen LogP contribution in [0.15, 0.2) is 24.8 Å². The van der Waals surface area contributed by atoms with Crippen molar-refractivity contribution in [3.8, 4) is 0 Å². The lowest BCUT2D eigenvalue weighted by Crippen LogP contribution is -2.18. The van der Waals surface area contributed by atoms with E-state index in [1.165, 1.54) is 5.56 Å². The molecule has 15 heavy (non-hydrogen) atoms. The van der Waals surface area contributed by atoms with Gasteiger partial charge in [-0.1, -0.05) is 12.1 Å². The van der Waals surface area contributed by atoms with Crippen LogP contribution in [0.3, 0.4) is 0 Å². The summed E-state index contributed by atoms with van der Waals surface area (Å²) in [7, 11) is 3.96. The van der Waals surface area contributed by atoms with Crippen molar-refractivity contribution < 1.29 is 0 Å². The van der Waals surface area contributed by atoms with E-state index in [1.54, 1.807) is 0 Å². The minimum atomic E-state index is 0.817. The molecule has 1 aromatic rings. The number of hydrogen-bond donors (Lipinski definition) is 1. The fourth-order valence-corrected chi connectivity index (χ4v) is 1.45. The van der Waals surface area contributed by atoms with Gasteiger partial charge in [-0.3, -0.25) is 0 Å². The number of aryl methyl sites for hydroxylation is 1. The number of anilines is 1. The highest BCUT2D eigenvalue weighted by atomic mass is 15.2. The van der Waals surface area contributed by atoms with Gasteiger partial charge in [-0.25, -0.2) is 4.98 Å². The van der Waals surface area contributed by atoms with Gasteiger partial charge in [0.1, 0.15) is 5.82 Å². The minimum Gasteiger partial charge on any atom is -0.356 e. The van der Waals surface area contributed by atoms with Crippen LogP contribution in [0.4, 0.5) is 5.82 Å². The van der Waals surface area contributed by atoms with E-state index in [1.807, 2.05) is 33.2 Å². The number of aromatic nitrogens is 1. The van der Waals surface area contributed by atoms with Crippen LogP contribution in [0.25, 0.3) is 0 Å². The Morgan fingerprint density at radius 2 is 2.27 bits per heavy atom. The van der Waals surface area contributed by atoms with E-state index >= 15 is 0 Å². The number of rotatable bonds is 5. The Morgan fingerprint density at radius 3 is 2.80 bits per heavy atom. The summed E-state index contributed by atoms with van der Waals surface area (Å²) >= 11 is 0. The van der Waals surface area contributed by atoms with Crippen molar-refractivity contribution in [3.63, 3.8) is 0 Å². The topological polar surface area (TPSA) is 28.2 Å². The van der Waals surface area contributed by atoms with Crippen LogP contribution in [0.1, 0.15) is 11.3 Å². The molecule has 82 valence electrons. The van der Waals surface area contributed by atoms with E-state index in [4.69, 9.17) is 0 Å². The van der Waals surface area contributed by atoms with Crippen molar-refractivity contribution >= 4 is 5.82 Å². The second kappa shape index (κ2) is 5.51. The Balaban J connectivity index is 2.85. The zero-order valence-corrected chi connectivity index (χ0v) is 9.75. The van der Waals surface area contributed by atoms with Crippen LogP contribution in [-0.4, -0.2) is 25.6 Å². The lowest BCUT2D eigenvalue weighted by Gasteiger charge is -2.17. The van der Waals surface area contributed by atoms with Gasteiger partial charge in [-0.2, -0.15) is 0 Å². The van der Waals surface area contributed by atoms with Crippen molar-refractivity contribution in [2.45, 2.75) is 13.5 Å². The normalized spacial score (nSPS) is 10.1. The molecule has 3 heteroatoms. The summed E-state index contributed by atoms with van der Waals surface area (Å²) in [4.78, 5) is 6.62. The number of pyridine rings is 1. The molecule has 0 unspecified atom stereocenters. The molecule has 3 nitrogen and oxygen atoms in total. The SMILES string of the molecule is C=CCN(C)c1ccc(CNC)c(C)n1. The largest absolute Gasteiger partial charge is 0.356 e. The minimum absolute atomic E-state index is 0.817. The molecule has 1 N–H and O–H groups in total. The molecule has 0 atom stereocenters. The van der Waals surface area contributed by atoms with Crippen LogP contribution in [0, 0.1) is 6.92 Å². The Kier molecular flexibility index (Phi) is 4.31. The van der Waals surface area contributed by atoms with Gasteiger partial charge in [-0.15, -0.1) is 6.58 Å². The van der Waals surface area contributed by atoms with Crippen LogP contribution in [0.5, 0.6) is 0 Å². The van der Waals surface area contributed by atoms with Gasteiger partial charge in [-0.05, 0) is 25.6 Å². The maximum Gasteiger partial charge on any atom is 0.128 e. The zero-order chi connectivity index (χ0) is 11.3. The molecule has 1 aromatic heterocycles. The molecule has 0 radical (unpaired) electrons. The smallest absolute Gasteiger partial charge is 0.128 e. The zero-order valence-electron chi connectivity index (χ0n) is 9.75. The first-order valence-corrected chi connectivity index (χ1v) is 5.12. The summed E-state index contributed by atoms with van der Waals surface area (Å²) in [5.41, 5.74) is 2.33. The van der Waals surface area contributed by atoms with E-state index in [2.05, 4.69) is 27.8 Å². The van der Waals surface area contributed by atoms with E-state index in [0.29, 0.717) is 0 Å². The summed E-state index contributed by atoms with van der Waals surface area (Å²) in [6.45, 7) is 7.44. The van der Waals surface area contributed by atoms with Gasteiger partial charge in [0, 0.05) is 25.8 Å². The Labute approximate surface area is 91.8 Å². The number of hydrogen-bond acceptors (Lipinski definition) is 3. The lowest BCUT2D eigenvalue weighted by molar-refractivity contribution is 0.802. The van der Waals surface area contributed by atoms with Crippen LogP contribution >= 0.6 is 0 Å². The van der Waals surface area contributed by atoms with Crippen molar-refractivity contribution in [2.75, 3.05) is 25.5 Å². The maximum atomic E-state index is 4.55. The molecule has 0 saturated heterocycles. The summed E-state index contributed by atoms with van der Waals surface area (Å²) < 4.78 is 0. The summed E-state index contributed by atoms with van der Waals surface area (Å²) in [6, 6.07) is 4.16. The average molecular weight is 205 g/mol. The molecular formula is C12H19N3. The van der Waals surface area contributed by atoms with E-state index in [-0.39, 0.29) is 0 Å².